The zero-order valence-electron chi connectivity index (χ0n) is 12.2. The van der Waals surface area contributed by atoms with E-state index in [2.05, 4.69) is 52.9 Å². The Morgan fingerprint density at radius 1 is 1.26 bits per heavy atom. The number of rotatable bonds is 2. The molecular weight excluding hydrogens is 300 g/mol. The molecule has 1 aromatic rings. The molecule has 0 aromatic heterocycles. The van der Waals surface area contributed by atoms with Crippen LogP contribution in [0.3, 0.4) is 0 Å². The standard InChI is InChI=1S/C16H25BrN2/c1-12(18)13-5-6-15(14(17)11-13)19-9-4-7-16(2,3)8-10-19/h5-6,11-12H,4,7-10,18H2,1-3H3/t12-/m1/s1. The highest BCUT2D eigenvalue weighted by Gasteiger charge is 2.24. The smallest absolute Gasteiger partial charge is 0.0510 e. The first kappa shape index (κ1) is 14.9. The first-order valence-electron chi connectivity index (χ1n) is 7.19. The van der Waals surface area contributed by atoms with Gasteiger partial charge in [-0.25, -0.2) is 0 Å². The minimum Gasteiger partial charge on any atom is -0.371 e. The van der Waals surface area contributed by atoms with Gasteiger partial charge in [0.1, 0.15) is 0 Å². The van der Waals surface area contributed by atoms with E-state index < -0.39 is 0 Å². The predicted octanol–water partition coefficient (Wildman–Crippen LogP) is 4.49. The van der Waals surface area contributed by atoms with Crippen LogP contribution in [0.15, 0.2) is 22.7 Å². The maximum atomic E-state index is 5.94. The third kappa shape index (κ3) is 3.73. The zero-order valence-corrected chi connectivity index (χ0v) is 13.8. The average molecular weight is 325 g/mol. The summed E-state index contributed by atoms with van der Waals surface area (Å²) in [5.74, 6) is 0. The van der Waals surface area contributed by atoms with Crippen molar-refractivity contribution in [2.24, 2.45) is 11.1 Å². The molecule has 1 aliphatic heterocycles. The van der Waals surface area contributed by atoms with Crippen molar-refractivity contribution < 1.29 is 0 Å². The topological polar surface area (TPSA) is 29.3 Å². The van der Waals surface area contributed by atoms with Crippen LogP contribution < -0.4 is 10.6 Å². The molecule has 0 saturated carbocycles. The van der Waals surface area contributed by atoms with Crippen LogP contribution in [0.25, 0.3) is 0 Å². The lowest BCUT2D eigenvalue weighted by Crippen LogP contribution is -2.25. The Balaban J connectivity index is 2.18. The number of hydrogen-bond donors (Lipinski definition) is 1. The Hall–Kier alpha value is -0.540. The quantitative estimate of drug-likeness (QED) is 0.868. The SMILES string of the molecule is C[C@@H](N)c1ccc(N2CCCC(C)(C)CC2)c(Br)c1. The summed E-state index contributed by atoms with van der Waals surface area (Å²) < 4.78 is 1.17. The summed E-state index contributed by atoms with van der Waals surface area (Å²) in [6, 6.07) is 6.62. The van der Waals surface area contributed by atoms with Crippen LogP contribution in [-0.2, 0) is 0 Å². The Labute approximate surface area is 125 Å². The van der Waals surface area contributed by atoms with E-state index in [1.165, 1.54) is 35.0 Å². The molecule has 0 bridgehead atoms. The molecule has 2 rings (SSSR count). The third-order valence-corrected chi connectivity index (χ3v) is 4.81. The van der Waals surface area contributed by atoms with E-state index in [4.69, 9.17) is 5.73 Å². The molecule has 1 aliphatic rings. The van der Waals surface area contributed by atoms with Crippen LogP contribution in [0, 0.1) is 5.41 Å². The van der Waals surface area contributed by atoms with E-state index in [1.807, 2.05) is 6.92 Å². The van der Waals surface area contributed by atoms with E-state index in [-0.39, 0.29) is 6.04 Å². The molecule has 1 heterocycles. The molecule has 0 aliphatic carbocycles. The van der Waals surface area contributed by atoms with E-state index in [1.54, 1.807) is 0 Å². The van der Waals surface area contributed by atoms with Crippen molar-refractivity contribution in [3.8, 4) is 0 Å². The molecule has 3 heteroatoms. The highest BCUT2D eigenvalue weighted by Crippen LogP contribution is 2.35. The van der Waals surface area contributed by atoms with Crippen molar-refractivity contribution in [3.63, 3.8) is 0 Å². The van der Waals surface area contributed by atoms with Crippen molar-refractivity contribution in [3.05, 3.63) is 28.2 Å². The lowest BCUT2D eigenvalue weighted by Gasteiger charge is -2.26. The van der Waals surface area contributed by atoms with Gasteiger partial charge in [-0.1, -0.05) is 19.9 Å². The van der Waals surface area contributed by atoms with Crippen molar-refractivity contribution >= 4 is 21.6 Å². The fourth-order valence-corrected chi connectivity index (χ4v) is 3.37. The van der Waals surface area contributed by atoms with Crippen molar-refractivity contribution in [1.82, 2.24) is 0 Å². The van der Waals surface area contributed by atoms with Gasteiger partial charge in [-0.2, -0.15) is 0 Å². The van der Waals surface area contributed by atoms with Gasteiger partial charge in [-0.05, 0) is 65.2 Å². The summed E-state index contributed by atoms with van der Waals surface area (Å²) >= 11 is 3.71. The number of hydrogen-bond acceptors (Lipinski definition) is 2. The molecule has 106 valence electrons. The second-order valence-electron chi connectivity index (χ2n) is 6.50. The number of halogens is 1. The third-order valence-electron chi connectivity index (χ3n) is 4.18. The molecule has 2 nitrogen and oxygen atoms in total. The molecule has 0 unspecified atom stereocenters. The molecule has 1 atom stereocenters. The van der Waals surface area contributed by atoms with E-state index in [0.717, 1.165) is 13.1 Å². The van der Waals surface area contributed by atoms with Gasteiger partial charge in [0.05, 0.1) is 5.69 Å². The van der Waals surface area contributed by atoms with Crippen molar-refractivity contribution in [2.45, 2.75) is 46.1 Å². The van der Waals surface area contributed by atoms with Gasteiger partial charge in [0.2, 0.25) is 0 Å². The van der Waals surface area contributed by atoms with Gasteiger partial charge in [-0.3, -0.25) is 0 Å². The van der Waals surface area contributed by atoms with Crippen LogP contribution in [-0.4, -0.2) is 13.1 Å². The predicted molar refractivity (Wildman–Crippen MR) is 86.6 cm³/mol. The van der Waals surface area contributed by atoms with Crippen LogP contribution in [0.1, 0.15) is 51.6 Å². The summed E-state index contributed by atoms with van der Waals surface area (Å²) in [6.07, 6.45) is 3.85. The fourth-order valence-electron chi connectivity index (χ4n) is 2.73. The maximum absolute atomic E-state index is 5.94. The molecule has 1 aromatic carbocycles. The first-order chi connectivity index (χ1) is 8.89. The van der Waals surface area contributed by atoms with Gasteiger partial charge < -0.3 is 10.6 Å². The van der Waals surface area contributed by atoms with E-state index in [9.17, 15) is 0 Å². The molecule has 19 heavy (non-hydrogen) atoms. The monoisotopic (exact) mass is 324 g/mol. The molecule has 1 saturated heterocycles. The summed E-state index contributed by atoms with van der Waals surface area (Å²) in [7, 11) is 0. The van der Waals surface area contributed by atoms with Crippen molar-refractivity contribution in [2.75, 3.05) is 18.0 Å². The number of nitrogens with two attached hydrogens (primary N) is 1. The Morgan fingerprint density at radius 3 is 2.63 bits per heavy atom. The fraction of sp³-hybridized carbons (Fsp3) is 0.625. The van der Waals surface area contributed by atoms with Crippen LogP contribution >= 0.6 is 15.9 Å². The van der Waals surface area contributed by atoms with Gasteiger partial charge in [0.15, 0.2) is 0 Å². The first-order valence-corrected chi connectivity index (χ1v) is 7.98. The number of benzene rings is 1. The minimum atomic E-state index is 0.0911. The summed E-state index contributed by atoms with van der Waals surface area (Å²) in [4.78, 5) is 2.50. The molecule has 2 N–H and O–H groups in total. The summed E-state index contributed by atoms with van der Waals surface area (Å²) in [6.45, 7) is 9.08. The minimum absolute atomic E-state index is 0.0911. The Morgan fingerprint density at radius 2 is 2.00 bits per heavy atom. The second kappa shape index (κ2) is 5.84. The summed E-state index contributed by atoms with van der Waals surface area (Å²) in [5, 5.41) is 0. The lowest BCUT2D eigenvalue weighted by molar-refractivity contribution is 0.325. The normalized spacial score (nSPS) is 21.0. The molecular formula is C16H25BrN2. The number of nitrogens with zero attached hydrogens (tertiary/aromatic N) is 1. The lowest BCUT2D eigenvalue weighted by atomic mass is 9.85. The van der Waals surface area contributed by atoms with Gasteiger partial charge in [0.25, 0.3) is 0 Å². The molecule has 1 fully saturated rings. The Bertz CT molecular complexity index is 440. The largest absolute Gasteiger partial charge is 0.371 e. The maximum Gasteiger partial charge on any atom is 0.0510 e. The van der Waals surface area contributed by atoms with Crippen LogP contribution in [0.4, 0.5) is 5.69 Å². The highest BCUT2D eigenvalue weighted by molar-refractivity contribution is 9.10. The van der Waals surface area contributed by atoms with E-state index >= 15 is 0 Å². The zero-order chi connectivity index (χ0) is 14.0. The van der Waals surface area contributed by atoms with Crippen molar-refractivity contribution in [1.29, 1.82) is 0 Å². The average Bonchev–Trinajstić information content (AvgIpc) is 2.50. The highest BCUT2D eigenvalue weighted by atomic mass is 79.9. The Kier molecular flexibility index (Phi) is 4.57. The molecule has 0 radical (unpaired) electrons. The molecule has 0 spiro atoms. The van der Waals surface area contributed by atoms with Gasteiger partial charge in [0, 0.05) is 23.6 Å². The van der Waals surface area contributed by atoms with Gasteiger partial charge >= 0.3 is 0 Å². The van der Waals surface area contributed by atoms with Gasteiger partial charge in [-0.15, -0.1) is 0 Å². The molecule has 0 amide bonds. The van der Waals surface area contributed by atoms with Crippen LogP contribution in [0.5, 0.6) is 0 Å². The van der Waals surface area contributed by atoms with E-state index in [0.29, 0.717) is 5.41 Å². The summed E-state index contributed by atoms with van der Waals surface area (Å²) in [5.41, 5.74) is 8.91. The second-order valence-corrected chi connectivity index (χ2v) is 7.36. The van der Waals surface area contributed by atoms with Crippen LogP contribution in [0.2, 0.25) is 0 Å². The number of anilines is 1.